The van der Waals surface area contributed by atoms with Crippen molar-refractivity contribution in [3.05, 3.63) is 35.3 Å². The molecule has 0 N–H and O–H groups in total. The normalized spacial score (nSPS) is 13.1. The molecule has 1 heterocycles. The predicted molar refractivity (Wildman–Crippen MR) is 57.9 cm³/mol. The van der Waals surface area contributed by atoms with Crippen molar-refractivity contribution in [1.29, 1.82) is 0 Å². The Hall–Kier alpha value is -1.05. The minimum absolute atomic E-state index is 0.388. The molecule has 0 aliphatic heterocycles. The van der Waals surface area contributed by atoms with Gasteiger partial charge in [-0.2, -0.15) is 4.73 Å². The maximum atomic E-state index is 11.6. The average Bonchev–Trinajstić information content (AvgIpc) is 2.15. The SMILES string of the molecule is CCCC(c1cccc[n+]1[O-])C(C)C. The standard InChI is InChI=1S/C12H19NO/c1-4-7-11(10(2)3)12-8-5-6-9-13(12)14/h5-6,8-11H,4,7H2,1-3H3. The molecular weight excluding hydrogens is 174 g/mol. The Balaban J connectivity index is 2.93. The van der Waals surface area contributed by atoms with Crippen LogP contribution in [0.2, 0.25) is 0 Å². The Bertz CT molecular complexity index is 283. The van der Waals surface area contributed by atoms with Gasteiger partial charge in [0.05, 0.1) is 0 Å². The van der Waals surface area contributed by atoms with Crippen molar-refractivity contribution in [2.45, 2.75) is 39.5 Å². The summed E-state index contributed by atoms with van der Waals surface area (Å²) in [5.41, 5.74) is 0.907. The van der Waals surface area contributed by atoms with E-state index in [1.54, 1.807) is 12.3 Å². The summed E-state index contributed by atoms with van der Waals surface area (Å²) in [6.45, 7) is 6.51. The first kappa shape index (κ1) is 11.0. The lowest BCUT2D eigenvalue weighted by molar-refractivity contribution is -0.616. The largest absolute Gasteiger partial charge is 0.618 e. The van der Waals surface area contributed by atoms with E-state index >= 15 is 0 Å². The van der Waals surface area contributed by atoms with Gasteiger partial charge in [0.1, 0.15) is 0 Å². The predicted octanol–water partition coefficient (Wildman–Crippen LogP) is 2.86. The Morgan fingerprint density at radius 1 is 1.36 bits per heavy atom. The van der Waals surface area contributed by atoms with Crippen molar-refractivity contribution in [2.75, 3.05) is 0 Å². The zero-order valence-electron chi connectivity index (χ0n) is 9.23. The van der Waals surface area contributed by atoms with E-state index < -0.39 is 0 Å². The number of pyridine rings is 1. The quantitative estimate of drug-likeness (QED) is 0.533. The number of hydrogen-bond donors (Lipinski definition) is 0. The molecule has 2 nitrogen and oxygen atoms in total. The molecule has 2 heteroatoms. The summed E-state index contributed by atoms with van der Waals surface area (Å²) in [6.07, 6.45) is 3.79. The van der Waals surface area contributed by atoms with Crippen LogP contribution in [0.1, 0.15) is 45.2 Å². The molecule has 14 heavy (non-hydrogen) atoms. The third-order valence-electron chi connectivity index (χ3n) is 2.64. The number of aromatic nitrogens is 1. The van der Waals surface area contributed by atoms with E-state index in [9.17, 15) is 5.21 Å². The maximum Gasteiger partial charge on any atom is 0.196 e. The molecule has 0 amide bonds. The highest BCUT2D eigenvalue weighted by atomic mass is 16.5. The minimum Gasteiger partial charge on any atom is -0.618 e. The van der Waals surface area contributed by atoms with Crippen LogP contribution in [0, 0.1) is 11.1 Å². The van der Waals surface area contributed by atoms with Crippen LogP contribution in [0.3, 0.4) is 0 Å². The Labute approximate surface area is 86.2 Å². The Kier molecular flexibility index (Phi) is 3.93. The molecule has 1 aromatic heterocycles. The van der Waals surface area contributed by atoms with Gasteiger partial charge in [-0.1, -0.05) is 33.3 Å². The van der Waals surface area contributed by atoms with Crippen molar-refractivity contribution in [3.63, 3.8) is 0 Å². The second kappa shape index (κ2) is 4.99. The van der Waals surface area contributed by atoms with Crippen molar-refractivity contribution in [2.24, 2.45) is 5.92 Å². The lowest BCUT2D eigenvalue weighted by Gasteiger charge is -2.18. The minimum atomic E-state index is 0.388. The molecule has 0 radical (unpaired) electrons. The third kappa shape index (κ3) is 2.47. The Morgan fingerprint density at radius 2 is 2.07 bits per heavy atom. The summed E-state index contributed by atoms with van der Waals surface area (Å²) >= 11 is 0. The van der Waals surface area contributed by atoms with Crippen LogP contribution in [-0.4, -0.2) is 0 Å². The highest BCUT2D eigenvalue weighted by Crippen LogP contribution is 2.26. The molecule has 1 unspecified atom stereocenters. The number of nitrogens with zero attached hydrogens (tertiary/aromatic N) is 1. The number of hydrogen-bond acceptors (Lipinski definition) is 1. The van der Waals surface area contributed by atoms with Gasteiger partial charge in [-0.05, 0) is 12.3 Å². The van der Waals surface area contributed by atoms with Crippen LogP contribution in [-0.2, 0) is 0 Å². The summed E-state index contributed by atoms with van der Waals surface area (Å²) in [6, 6.07) is 5.65. The third-order valence-corrected chi connectivity index (χ3v) is 2.64. The van der Waals surface area contributed by atoms with Gasteiger partial charge in [0, 0.05) is 18.1 Å². The number of rotatable bonds is 4. The van der Waals surface area contributed by atoms with Gasteiger partial charge in [0.15, 0.2) is 11.9 Å². The smallest absolute Gasteiger partial charge is 0.196 e. The molecule has 0 aliphatic rings. The molecule has 0 saturated carbocycles. The van der Waals surface area contributed by atoms with E-state index in [0.29, 0.717) is 11.8 Å². The Morgan fingerprint density at radius 3 is 2.57 bits per heavy atom. The fourth-order valence-electron chi connectivity index (χ4n) is 1.86. The zero-order valence-corrected chi connectivity index (χ0v) is 9.23. The molecule has 0 aliphatic carbocycles. The molecular formula is C12H19NO. The van der Waals surface area contributed by atoms with E-state index in [-0.39, 0.29) is 0 Å². The summed E-state index contributed by atoms with van der Waals surface area (Å²) in [4.78, 5) is 0. The molecule has 1 rings (SSSR count). The van der Waals surface area contributed by atoms with E-state index in [1.807, 2.05) is 12.1 Å². The zero-order chi connectivity index (χ0) is 10.6. The van der Waals surface area contributed by atoms with Crippen LogP contribution in [0.15, 0.2) is 24.4 Å². The highest BCUT2D eigenvalue weighted by Gasteiger charge is 2.21. The molecule has 0 bridgehead atoms. The second-order valence-electron chi connectivity index (χ2n) is 4.09. The molecule has 0 spiro atoms. The first-order valence-electron chi connectivity index (χ1n) is 5.35. The van der Waals surface area contributed by atoms with Gasteiger partial charge < -0.3 is 5.21 Å². The first-order valence-corrected chi connectivity index (χ1v) is 5.35. The van der Waals surface area contributed by atoms with E-state index in [4.69, 9.17) is 0 Å². The van der Waals surface area contributed by atoms with Crippen LogP contribution in [0.4, 0.5) is 0 Å². The highest BCUT2D eigenvalue weighted by molar-refractivity contribution is 5.04. The van der Waals surface area contributed by atoms with Gasteiger partial charge in [-0.15, -0.1) is 0 Å². The van der Waals surface area contributed by atoms with Crippen LogP contribution < -0.4 is 4.73 Å². The fourth-order valence-corrected chi connectivity index (χ4v) is 1.86. The molecule has 78 valence electrons. The second-order valence-corrected chi connectivity index (χ2v) is 4.09. The average molecular weight is 193 g/mol. The van der Waals surface area contributed by atoms with Crippen LogP contribution in [0.5, 0.6) is 0 Å². The van der Waals surface area contributed by atoms with Crippen molar-refractivity contribution >= 4 is 0 Å². The monoisotopic (exact) mass is 193 g/mol. The molecule has 0 aromatic carbocycles. The van der Waals surface area contributed by atoms with E-state index in [2.05, 4.69) is 20.8 Å². The maximum absolute atomic E-state index is 11.6. The van der Waals surface area contributed by atoms with Crippen LogP contribution >= 0.6 is 0 Å². The molecule has 0 saturated heterocycles. The fraction of sp³-hybridized carbons (Fsp3) is 0.583. The van der Waals surface area contributed by atoms with E-state index in [1.165, 1.54) is 0 Å². The lowest BCUT2D eigenvalue weighted by Crippen LogP contribution is -2.34. The van der Waals surface area contributed by atoms with Gasteiger partial charge in [0.2, 0.25) is 0 Å². The van der Waals surface area contributed by atoms with Crippen molar-refractivity contribution in [3.8, 4) is 0 Å². The van der Waals surface area contributed by atoms with E-state index in [0.717, 1.165) is 23.3 Å². The summed E-state index contributed by atoms with van der Waals surface area (Å²) in [5, 5.41) is 11.6. The van der Waals surface area contributed by atoms with Crippen molar-refractivity contribution in [1.82, 2.24) is 0 Å². The van der Waals surface area contributed by atoms with Gasteiger partial charge in [-0.3, -0.25) is 0 Å². The summed E-state index contributed by atoms with van der Waals surface area (Å²) < 4.78 is 1.00. The molecule has 0 fully saturated rings. The first-order chi connectivity index (χ1) is 6.66. The van der Waals surface area contributed by atoms with Gasteiger partial charge in [0.25, 0.3) is 0 Å². The van der Waals surface area contributed by atoms with Crippen LogP contribution in [0.25, 0.3) is 0 Å². The van der Waals surface area contributed by atoms with Gasteiger partial charge >= 0.3 is 0 Å². The van der Waals surface area contributed by atoms with Crippen molar-refractivity contribution < 1.29 is 4.73 Å². The summed E-state index contributed by atoms with van der Waals surface area (Å²) in [7, 11) is 0. The lowest BCUT2D eigenvalue weighted by atomic mass is 9.88. The summed E-state index contributed by atoms with van der Waals surface area (Å²) in [5.74, 6) is 0.913. The topological polar surface area (TPSA) is 26.9 Å². The molecule has 1 atom stereocenters. The molecule has 1 aromatic rings. The van der Waals surface area contributed by atoms with Gasteiger partial charge in [-0.25, -0.2) is 0 Å².